The van der Waals surface area contributed by atoms with Crippen molar-refractivity contribution in [1.29, 1.82) is 0 Å². The van der Waals surface area contributed by atoms with Crippen molar-refractivity contribution in [3.05, 3.63) is 33.8 Å². The lowest BCUT2D eigenvalue weighted by molar-refractivity contribution is 0.140. The molecule has 1 aliphatic rings. The number of hydrogen-bond donors (Lipinski definition) is 1. The van der Waals surface area contributed by atoms with Crippen molar-refractivity contribution in [1.82, 2.24) is 4.90 Å². The van der Waals surface area contributed by atoms with Crippen LogP contribution in [0.1, 0.15) is 37.5 Å². The van der Waals surface area contributed by atoms with E-state index in [-0.39, 0.29) is 0 Å². The Hall–Kier alpha value is -1.24. The molecule has 120 valence electrons. The van der Waals surface area contributed by atoms with Gasteiger partial charge in [-0.25, -0.2) is 4.79 Å². The van der Waals surface area contributed by atoms with Crippen LogP contribution in [-0.4, -0.2) is 38.2 Å². The molecular formula is C15H19ClN2O3S. The van der Waals surface area contributed by atoms with Crippen LogP contribution < -0.4 is 0 Å². The standard InChI is InChI=1S/C15H19ClN2O3S/c1-15(2,3)22(21)17-8-10-6-12(16)7-11-9-18(14(19)20)5-4-13(10)11/h6-8H,4-5,9H2,1-3H3,(H,19,20)/t22-/m0/s1. The quantitative estimate of drug-likeness (QED) is 0.662. The first-order valence-corrected chi connectivity index (χ1v) is 8.42. The maximum Gasteiger partial charge on any atom is 0.407 e. The van der Waals surface area contributed by atoms with Crippen LogP contribution in [-0.2, 0) is 24.3 Å². The van der Waals surface area contributed by atoms with Gasteiger partial charge in [0.15, 0.2) is 0 Å². The SMILES string of the molecule is CC(C)(C)[S@+]([O-])N=Cc1cc(Cl)cc2c1CCN(C(=O)O)C2. The summed E-state index contributed by atoms with van der Waals surface area (Å²) in [6.07, 6.45) is 1.25. The van der Waals surface area contributed by atoms with Gasteiger partial charge in [0.1, 0.15) is 16.1 Å². The number of carboxylic acid groups (broad SMARTS) is 1. The van der Waals surface area contributed by atoms with Crippen molar-refractivity contribution in [3.8, 4) is 0 Å². The molecule has 0 spiro atoms. The largest absolute Gasteiger partial charge is 0.591 e. The van der Waals surface area contributed by atoms with Crippen LogP contribution in [0.3, 0.4) is 0 Å². The zero-order valence-electron chi connectivity index (χ0n) is 12.8. The number of rotatable bonds is 2. The van der Waals surface area contributed by atoms with Crippen molar-refractivity contribution in [2.75, 3.05) is 6.54 Å². The molecule has 1 N–H and O–H groups in total. The molecule has 0 aliphatic carbocycles. The fourth-order valence-corrected chi connectivity index (χ4v) is 3.01. The van der Waals surface area contributed by atoms with E-state index in [2.05, 4.69) is 4.40 Å². The Kier molecular flexibility index (Phi) is 5.04. The number of halogens is 1. The van der Waals surface area contributed by atoms with Gasteiger partial charge in [-0.1, -0.05) is 16.0 Å². The second-order valence-corrected chi connectivity index (χ2v) is 8.55. The number of fused-ring (bicyclic) bond motifs is 1. The average Bonchev–Trinajstić information content (AvgIpc) is 2.42. The van der Waals surface area contributed by atoms with Gasteiger partial charge in [0, 0.05) is 23.7 Å². The number of nitrogens with zero attached hydrogens (tertiary/aromatic N) is 2. The maximum absolute atomic E-state index is 12.0. The fourth-order valence-electron chi connectivity index (χ4n) is 2.23. The molecule has 0 radical (unpaired) electrons. The van der Waals surface area contributed by atoms with Gasteiger partial charge in [0.05, 0.1) is 6.21 Å². The number of amides is 1. The van der Waals surface area contributed by atoms with Crippen LogP contribution in [0.25, 0.3) is 0 Å². The van der Waals surface area contributed by atoms with Gasteiger partial charge in [0.2, 0.25) is 0 Å². The van der Waals surface area contributed by atoms with Crippen molar-refractivity contribution in [2.45, 2.75) is 38.5 Å². The van der Waals surface area contributed by atoms with Crippen molar-refractivity contribution < 1.29 is 14.5 Å². The maximum atomic E-state index is 12.0. The number of benzene rings is 1. The zero-order valence-corrected chi connectivity index (χ0v) is 14.4. The molecule has 2 rings (SSSR count). The first-order chi connectivity index (χ1) is 10.2. The third kappa shape index (κ3) is 3.94. The first kappa shape index (κ1) is 17.1. The second-order valence-electron chi connectivity index (χ2n) is 6.18. The van der Waals surface area contributed by atoms with Gasteiger partial charge in [-0.3, -0.25) is 0 Å². The Labute approximate surface area is 138 Å². The lowest BCUT2D eigenvalue weighted by Crippen LogP contribution is -2.35. The second kappa shape index (κ2) is 6.48. The fraction of sp³-hybridized carbons (Fsp3) is 0.467. The van der Waals surface area contributed by atoms with Crippen LogP contribution in [0.5, 0.6) is 0 Å². The van der Waals surface area contributed by atoms with Crippen molar-refractivity contribution in [2.24, 2.45) is 4.40 Å². The summed E-state index contributed by atoms with van der Waals surface area (Å²) in [5, 5.41) is 9.62. The van der Waals surface area contributed by atoms with Crippen molar-refractivity contribution in [3.63, 3.8) is 0 Å². The normalized spacial score (nSPS) is 16.7. The minimum absolute atomic E-state index is 0.314. The summed E-state index contributed by atoms with van der Waals surface area (Å²) in [5.41, 5.74) is 2.71. The molecule has 1 heterocycles. The van der Waals surface area contributed by atoms with E-state index >= 15 is 0 Å². The monoisotopic (exact) mass is 342 g/mol. The summed E-state index contributed by atoms with van der Waals surface area (Å²) in [6.45, 7) is 6.33. The summed E-state index contributed by atoms with van der Waals surface area (Å²) in [5.74, 6) is 0. The molecule has 0 saturated heterocycles. The van der Waals surface area contributed by atoms with E-state index in [0.29, 0.717) is 24.5 Å². The molecule has 7 heteroatoms. The number of hydrogen-bond acceptors (Lipinski definition) is 3. The van der Waals surface area contributed by atoms with E-state index < -0.39 is 22.2 Å². The van der Waals surface area contributed by atoms with E-state index in [9.17, 15) is 9.35 Å². The Morgan fingerprint density at radius 1 is 1.50 bits per heavy atom. The minimum atomic E-state index is -1.34. The lowest BCUT2D eigenvalue weighted by atomic mass is 9.95. The highest BCUT2D eigenvalue weighted by Crippen LogP contribution is 2.26. The molecule has 0 saturated carbocycles. The minimum Gasteiger partial charge on any atom is -0.591 e. The summed E-state index contributed by atoms with van der Waals surface area (Å²) in [7, 11) is 0. The molecule has 0 bridgehead atoms. The first-order valence-electron chi connectivity index (χ1n) is 6.93. The van der Waals surface area contributed by atoms with Crippen molar-refractivity contribution >= 4 is 35.3 Å². The molecule has 1 amide bonds. The third-order valence-electron chi connectivity index (χ3n) is 3.42. The van der Waals surface area contributed by atoms with Gasteiger partial charge in [-0.15, -0.1) is 0 Å². The molecule has 5 nitrogen and oxygen atoms in total. The average molecular weight is 343 g/mol. The molecule has 0 fully saturated rings. The Bertz CT molecular complexity index is 614. The summed E-state index contributed by atoms with van der Waals surface area (Å²) in [6, 6.07) is 3.56. The topological polar surface area (TPSA) is 76.0 Å². The molecule has 1 aromatic carbocycles. The molecule has 0 unspecified atom stereocenters. The summed E-state index contributed by atoms with van der Waals surface area (Å²) in [4.78, 5) is 12.4. The Morgan fingerprint density at radius 2 is 2.18 bits per heavy atom. The molecule has 1 aliphatic heterocycles. The van der Waals surface area contributed by atoms with Crippen LogP contribution in [0.15, 0.2) is 16.5 Å². The molecule has 0 aromatic heterocycles. The molecular weight excluding hydrogens is 324 g/mol. The third-order valence-corrected chi connectivity index (χ3v) is 4.98. The molecule has 1 atom stereocenters. The lowest BCUT2D eigenvalue weighted by Gasteiger charge is -2.27. The molecule has 1 aromatic rings. The van der Waals surface area contributed by atoms with Crippen LogP contribution >= 0.6 is 11.6 Å². The van der Waals surface area contributed by atoms with Gasteiger partial charge >= 0.3 is 6.09 Å². The smallest absolute Gasteiger partial charge is 0.407 e. The highest BCUT2D eigenvalue weighted by atomic mass is 35.5. The zero-order chi connectivity index (χ0) is 16.5. The Morgan fingerprint density at radius 3 is 2.77 bits per heavy atom. The predicted octanol–water partition coefficient (Wildman–Crippen LogP) is 3.26. The molecule has 22 heavy (non-hydrogen) atoms. The van der Waals surface area contributed by atoms with E-state index in [0.717, 1.165) is 16.7 Å². The predicted molar refractivity (Wildman–Crippen MR) is 89.1 cm³/mol. The van der Waals surface area contributed by atoms with E-state index in [1.54, 1.807) is 18.3 Å². The van der Waals surface area contributed by atoms with Gasteiger partial charge in [0.25, 0.3) is 0 Å². The van der Waals surface area contributed by atoms with E-state index in [4.69, 9.17) is 16.7 Å². The number of carbonyl (C=O) groups is 1. The Balaban J connectivity index is 2.31. The van der Waals surface area contributed by atoms with Gasteiger partial charge in [-0.05, 0) is 50.5 Å². The summed E-state index contributed by atoms with van der Waals surface area (Å²) < 4.78 is 15.7. The van der Waals surface area contributed by atoms with Crippen LogP contribution in [0.4, 0.5) is 4.79 Å². The van der Waals surface area contributed by atoms with Crippen LogP contribution in [0, 0.1) is 0 Å². The van der Waals surface area contributed by atoms with Crippen LogP contribution in [0.2, 0.25) is 5.02 Å². The van der Waals surface area contributed by atoms with E-state index in [1.165, 1.54) is 4.90 Å². The summed E-state index contributed by atoms with van der Waals surface area (Å²) >= 11 is 4.77. The van der Waals surface area contributed by atoms with Gasteiger partial charge < -0.3 is 14.6 Å². The van der Waals surface area contributed by atoms with E-state index in [1.807, 2.05) is 20.8 Å². The van der Waals surface area contributed by atoms with Gasteiger partial charge in [-0.2, -0.15) is 0 Å². The highest BCUT2D eigenvalue weighted by molar-refractivity contribution is 7.91. The highest BCUT2D eigenvalue weighted by Gasteiger charge is 2.26.